The molecule has 2 heterocycles. The molecule has 0 radical (unpaired) electrons. The van der Waals surface area contributed by atoms with Gasteiger partial charge in [-0.3, -0.25) is 4.79 Å². The first-order valence-corrected chi connectivity index (χ1v) is 8.19. The number of aryl methyl sites for hydroxylation is 2. The Morgan fingerprint density at radius 3 is 2.76 bits per heavy atom. The zero-order valence-corrected chi connectivity index (χ0v) is 14.0. The number of nitrogen functional groups attached to an aromatic ring is 1. The molecule has 5 heteroatoms. The number of anilines is 1. The highest BCUT2D eigenvalue weighted by Gasteiger charge is 2.21. The van der Waals surface area contributed by atoms with E-state index in [1.807, 2.05) is 27.0 Å². The minimum Gasteiger partial charge on any atom is -0.397 e. The van der Waals surface area contributed by atoms with Crippen molar-refractivity contribution in [3.8, 4) is 0 Å². The van der Waals surface area contributed by atoms with Crippen molar-refractivity contribution in [1.29, 1.82) is 0 Å². The molecule has 2 rings (SSSR count). The Morgan fingerprint density at radius 1 is 1.38 bits per heavy atom. The Balaban J connectivity index is 2.32. The van der Waals surface area contributed by atoms with Gasteiger partial charge in [0.25, 0.3) is 5.91 Å². The summed E-state index contributed by atoms with van der Waals surface area (Å²) in [4.78, 5) is 20.3. The Hall–Kier alpha value is -1.62. The highest BCUT2D eigenvalue weighted by molar-refractivity contribution is 7.21. The lowest BCUT2D eigenvalue weighted by molar-refractivity contribution is 0.0798. The molecule has 21 heavy (non-hydrogen) atoms. The van der Waals surface area contributed by atoms with Gasteiger partial charge in [-0.1, -0.05) is 19.8 Å². The van der Waals surface area contributed by atoms with Crippen LogP contribution in [0.4, 0.5) is 5.69 Å². The van der Waals surface area contributed by atoms with Crippen molar-refractivity contribution < 1.29 is 4.79 Å². The third kappa shape index (κ3) is 3.18. The summed E-state index contributed by atoms with van der Waals surface area (Å²) in [5.74, 6) is 0.00339. The molecule has 0 aliphatic carbocycles. The maximum atomic E-state index is 12.6. The van der Waals surface area contributed by atoms with E-state index < -0.39 is 0 Å². The highest BCUT2D eigenvalue weighted by atomic mass is 32.1. The van der Waals surface area contributed by atoms with E-state index in [1.54, 1.807) is 4.90 Å². The fraction of sp³-hybridized carbons (Fsp3) is 0.500. The van der Waals surface area contributed by atoms with Crippen molar-refractivity contribution in [2.75, 3.05) is 19.3 Å². The molecule has 0 bridgehead atoms. The van der Waals surface area contributed by atoms with E-state index in [4.69, 9.17) is 5.73 Å². The number of unbranched alkanes of at least 4 members (excludes halogenated alkanes) is 2. The lowest BCUT2D eigenvalue weighted by Crippen LogP contribution is -2.27. The van der Waals surface area contributed by atoms with Crippen LogP contribution in [-0.4, -0.2) is 29.4 Å². The van der Waals surface area contributed by atoms with Crippen molar-refractivity contribution in [1.82, 2.24) is 9.88 Å². The van der Waals surface area contributed by atoms with Crippen molar-refractivity contribution in [2.45, 2.75) is 40.0 Å². The van der Waals surface area contributed by atoms with Crippen molar-refractivity contribution in [3.05, 3.63) is 22.2 Å². The van der Waals surface area contributed by atoms with Crippen LogP contribution in [0.15, 0.2) is 6.07 Å². The zero-order valence-electron chi connectivity index (χ0n) is 13.2. The normalized spacial score (nSPS) is 11.0. The number of hydrogen-bond acceptors (Lipinski definition) is 4. The Morgan fingerprint density at radius 2 is 2.10 bits per heavy atom. The second-order valence-corrected chi connectivity index (χ2v) is 6.54. The summed E-state index contributed by atoms with van der Waals surface area (Å²) >= 11 is 1.40. The highest BCUT2D eigenvalue weighted by Crippen LogP contribution is 2.35. The zero-order chi connectivity index (χ0) is 15.6. The van der Waals surface area contributed by atoms with E-state index in [0.717, 1.165) is 47.3 Å². The molecular weight excluding hydrogens is 282 g/mol. The number of aromatic nitrogens is 1. The molecule has 0 spiro atoms. The molecule has 0 saturated carbocycles. The molecule has 0 unspecified atom stereocenters. The maximum absolute atomic E-state index is 12.6. The molecule has 114 valence electrons. The molecule has 2 aromatic heterocycles. The van der Waals surface area contributed by atoms with Crippen LogP contribution in [0.5, 0.6) is 0 Å². The minimum absolute atomic E-state index is 0.00339. The van der Waals surface area contributed by atoms with Gasteiger partial charge in [-0.25, -0.2) is 4.98 Å². The summed E-state index contributed by atoms with van der Waals surface area (Å²) in [6, 6.07) is 2.00. The van der Waals surface area contributed by atoms with Crippen LogP contribution >= 0.6 is 11.3 Å². The number of fused-ring (bicyclic) bond motifs is 1. The van der Waals surface area contributed by atoms with Gasteiger partial charge >= 0.3 is 0 Å². The van der Waals surface area contributed by atoms with Crippen LogP contribution in [0.3, 0.4) is 0 Å². The third-order valence-corrected chi connectivity index (χ3v) is 4.75. The molecule has 0 aliphatic rings. The number of carbonyl (C=O) groups is 1. The van der Waals surface area contributed by atoms with Crippen molar-refractivity contribution in [3.63, 3.8) is 0 Å². The monoisotopic (exact) mass is 305 g/mol. The summed E-state index contributed by atoms with van der Waals surface area (Å²) in [6.07, 6.45) is 3.31. The Labute approximate surface area is 130 Å². The van der Waals surface area contributed by atoms with E-state index in [1.165, 1.54) is 11.3 Å². The molecule has 2 aromatic rings. The van der Waals surface area contributed by atoms with Gasteiger partial charge in [-0.05, 0) is 31.9 Å². The average molecular weight is 305 g/mol. The SMILES string of the molecule is CCCCCN(C)C(=O)c1sc2nc(C)cc(C)c2c1N. The lowest BCUT2D eigenvalue weighted by Gasteiger charge is -2.16. The van der Waals surface area contributed by atoms with Gasteiger partial charge < -0.3 is 10.6 Å². The quantitative estimate of drug-likeness (QED) is 0.856. The molecule has 4 nitrogen and oxygen atoms in total. The predicted octanol–water partition coefficient (Wildman–Crippen LogP) is 3.76. The van der Waals surface area contributed by atoms with Crippen molar-refractivity contribution >= 4 is 33.1 Å². The van der Waals surface area contributed by atoms with E-state index in [0.29, 0.717) is 10.6 Å². The Kier molecular flexibility index (Phi) is 4.83. The molecule has 0 saturated heterocycles. The van der Waals surface area contributed by atoms with Crippen LogP contribution in [0.2, 0.25) is 0 Å². The Bertz CT molecular complexity index is 663. The summed E-state index contributed by atoms with van der Waals surface area (Å²) in [5, 5.41) is 0.927. The van der Waals surface area contributed by atoms with E-state index >= 15 is 0 Å². The number of carbonyl (C=O) groups excluding carboxylic acids is 1. The lowest BCUT2D eigenvalue weighted by atomic mass is 10.1. The number of thiophene rings is 1. The maximum Gasteiger partial charge on any atom is 0.265 e. The summed E-state index contributed by atoms with van der Waals surface area (Å²) in [5.41, 5.74) is 8.82. The number of pyridine rings is 1. The molecule has 2 N–H and O–H groups in total. The smallest absolute Gasteiger partial charge is 0.265 e. The predicted molar refractivity (Wildman–Crippen MR) is 90.0 cm³/mol. The van der Waals surface area contributed by atoms with Gasteiger partial charge in [0.2, 0.25) is 0 Å². The molecular formula is C16H23N3OS. The van der Waals surface area contributed by atoms with Gasteiger partial charge in [0.1, 0.15) is 9.71 Å². The van der Waals surface area contributed by atoms with Gasteiger partial charge in [-0.15, -0.1) is 11.3 Å². The fourth-order valence-electron chi connectivity index (χ4n) is 2.50. The van der Waals surface area contributed by atoms with Crippen LogP contribution < -0.4 is 5.73 Å². The van der Waals surface area contributed by atoms with Gasteiger partial charge in [-0.2, -0.15) is 0 Å². The standard InChI is InChI=1S/C16H23N3OS/c1-5-6-7-8-19(4)16(20)14-13(17)12-10(2)9-11(3)18-15(12)21-14/h9H,5-8,17H2,1-4H3. The molecule has 0 aromatic carbocycles. The number of amides is 1. The van der Waals surface area contributed by atoms with Crippen molar-refractivity contribution in [2.24, 2.45) is 0 Å². The topological polar surface area (TPSA) is 59.2 Å². The van der Waals surface area contributed by atoms with E-state index in [9.17, 15) is 4.79 Å². The van der Waals surface area contributed by atoms with Gasteiger partial charge in [0, 0.05) is 24.7 Å². The summed E-state index contributed by atoms with van der Waals surface area (Å²) in [6.45, 7) is 6.90. The second-order valence-electron chi connectivity index (χ2n) is 5.54. The fourth-order valence-corrected chi connectivity index (χ4v) is 3.71. The molecule has 0 aliphatic heterocycles. The van der Waals surface area contributed by atoms with E-state index in [2.05, 4.69) is 11.9 Å². The average Bonchev–Trinajstić information content (AvgIpc) is 2.75. The van der Waals surface area contributed by atoms with Gasteiger partial charge in [0.15, 0.2) is 0 Å². The second kappa shape index (κ2) is 6.43. The van der Waals surface area contributed by atoms with Crippen LogP contribution in [-0.2, 0) is 0 Å². The molecule has 1 amide bonds. The van der Waals surface area contributed by atoms with Crippen LogP contribution in [0.1, 0.15) is 47.1 Å². The number of nitrogens with zero attached hydrogens (tertiary/aromatic N) is 2. The van der Waals surface area contributed by atoms with Crippen LogP contribution in [0.25, 0.3) is 10.2 Å². The summed E-state index contributed by atoms with van der Waals surface area (Å²) in [7, 11) is 1.84. The number of rotatable bonds is 5. The number of hydrogen-bond donors (Lipinski definition) is 1. The first kappa shape index (κ1) is 15.8. The minimum atomic E-state index is 0.00339. The molecule has 0 atom stereocenters. The largest absolute Gasteiger partial charge is 0.397 e. The first-order valence-electron chi connectivity index (χ1n) is 7.37. The van der Waals surface area contributed by atoms with E-state index in [-0.39, 0.29) is 5.91 Å². The van der Waals surface area contributed by atoms with Gasteiger partial charge in [0.05, 0.1) is 5.69 Å². The van der Waals surface area contributed by atoms with Crippen LogP contribution in [0, 0.1) is 13.8 Å². The molecule has 0 fully saturated rings. The third-order valence-electron chi connectivity index (χ3n) is 3.66. The first-order chi connectivity index (χ1) is 9.95. The number of nitrogens with two attached hydrogens (primary N) is 1. The summed E-state index contributed by atoms with van der Waals surface area (Å²) < 4.78 is 0.